The fourth-order valence-electron chi connectivity index (χ4n) is 8.20. The number of nitrogens with zero attached hydrogens (tertiary/aromatic N) is 2. The van der Waals surface area contributed by atoms with E-state index in [9.17, 15) is 29.1 Å². The van der Waals surface area contributed by atoms with Gasteiger partial charge in [-0.2, -0.15) is 0 Å². The molecule has 3 aromatic carbocycles. The number of hydrogen-bond acceptors (Lipinski definition) is 7. The maximum absolute atomic E-state index is 14.4. The summed E-state index contributed by atoms with van der Waals surface area (Å²) in [5.41, 5.74) is 1.58. The summed E-state index contributed by atoms with van der Waals surface area (Å²) in [5.74, 6) is -4.55. The number of fused-ring (bicyclic) bond motifs is 4. The Hall–Kier alpha value is -5.05. The third-order valence-electron chi connectivity index (χ3n) is 10.4. The fourth-order valence-corrected chi connectivity index (χ4v) is 8.20. The predicted octanol–water partition coefficient (Wildman–Crippen LogP) is 5.04. The highest BCUT2D eigenvalue weighted by Crippen LogP contribution is 2.64. The van der Waals surface area contributed by atoms with Crippen molar-refractivity contribution in [2.45, 2.75) is 32.6 Å². The summed E-state index contributed by atoms with van der Waals surface area (Å²) in [4.78, 5) is 70.9. The second kappa shape index (κ2) is 10.3. The first-order valence-corrected chi connectivity index (χ1v) is 15.1. The number of para-hydroxylation sites is 1. The van der Waals surface area contributed by atoms with Crippen molar-refractivity contribution in [2.75, 3.05) is 16.9 Å². The van der Waals surface area contributed by atoms with Gasteiger partial charge in [-0.3, -0.25) is 28.9 Å². The average Bonchev–Trinajstić information content (AvgIpc) is 3.40. The topological polar surface area (TPSA) is 121 Å². The molecule has 2 saturated heterocycles. The molecule has 4 amide bonds. The van der Waals surface area contributed by atoms with E-state index < -0.39 is 35.0 Å². The van der Waals surface area contributed by atoms with E-state index in [2.05, 4.69) is 0 Å². The van der Waals surface area contributed by atoms with Gasteiger partial charge in [0.15, 0.2) is 17.3 Å². The maximum Gasteiger partial charge on any atom is 0.241 e. The number of imide groups is 2. The molecule has 0 aromatic heterocycles. The van der Waals surface area contributed by atoms with Crippen LogP contribution in [0.4, 0.5) is 11.4 Å². The first-order valence-electron chi connectivity index (χ1n) is 15.1. The Balaban J connectivity index is 1.35. The van der Waals surface area contributed by atoms with Crippen molar-refractivity contribution < 1.29 is 33.8 Å². The van der Waals surface area contributed by atoms with Gasteiger partial charge in [0.1, 0.15) is 0 Å². The van der Waals surface area contributed by atoms with Gasteiger partial charge in [0.2, 0.25) is 23.6 Å². The van der Waals surface area contributed by atoms with Gasteiger partial charge in [0.25, 0.3) is 0 Å². The molecular weight excluding hydrogens is 572 g/mol. The number of hydrogen-bond donors (Lipinski definition) is 1. The Morgan fingerprint density at radius 1 is 0.867 bits per heavy atom. The van der Waals surface area contributed by atoms with Gasteiger partial charge in [0.05, 0.1) is 41.7 Å². The van der Waals surface area contributed by atoms with E-state index in [1.807, 2.05) is 12.1 Å². The standard InChI is InChI=1S/C36H32N2O7/c1-19(39)20-9-12-23(13-10-20)37-32(41)25-15-14-24-26(30(25)34(37)43)18-27-33(42)38(22-7-5-4-6-8-22)35(44)36(27,2)31(24)21-11-16-29(45-3)28(40)17-21/h4-14,16-17,25-27,30-31,40H,15,18H2,1-3H3/t25-,26+,27-,30-,31-,36+/m0/s1. The first-order chi connectivity index (χ1) is 21.6. The summed E-state index contributed by atoms with van der Waals surface area (Å²) in [7, 11) is 1.45. The number of rotatable bonds is 5. The zero-order chi connectivity index (χ0) is 31.8. The number of phenolic OH excluding ortho intramolecular Hbond substituents is 1. The lowest BCUT2D eigenvalue weighted by Gasteiger charge is -2.49. The summed E-state index contributed by atoms with van der Waals surface area (Å²) in [6.07, 6.45) is 2.49. The maximum atomic E-state index is 14.4. The van der Waals surface area contributed by atoms with Crippen molar-refractivity contribution in [1.82, 2.24) is 0 Å². The highest BCUT2D eigenvalue weighted by Gasteiger charge is 2.67. The number of methoxy groups -OCH3 is 1. The van der Waals surface area contributed by atoms with Crippen LogP contribution < -0.4 is 14.5 Å². The van der Waals surface area contributed by atoms with Gasteiger partial charge in [-0.15, -0.1) is 0 Å². The molecule has 0 unspecified atom stereocenters. The molecule has 2 aliphatic heterocycles. The average molecular weight is 605 g/mol. The number of ether oxygens (including phenoxy) is 1. The molecule has 45 heavy (non-hydrogen) atoms. The molecule has 4 aliphatic rings. The molecule has 0 radical (unpaired) electrons. The Bertz CT molecular complexity index is 1810. The van der Waals surface area contributed by atoms with E-state index in [4.69, 9.17) is 4.74 Å². The quantitative estimate of drug-likeness (QED) is 0.246. The van der Waals surface area contributed by atoms with Gasteiger partial charge in [-0.1, -0.05) is 35.9 Å². The number of benzene rings is 3. The Labute approximate surface area is 260 Å². The Morgan fingerprint density at radius 3 is 2.20 bits per heavy atom. The summed E-state index contributed by atoms with van der Waals surface area (Å²) in [6, 6.07) is 20.2. The molecule has 2 aliphatic carbocycles. The predicted molar refractivity (Wildman–Crippen MR) is 165 cm³/mol. The van der Waals surface area contributed by atoms with E-state index in [-0.39, 0.29) is 47.3 Å². The van der Waals surface area contributed by atoms with Crippen molar-refractivity contribution in [1.29, 1.82) is 0 Å². The third kappa shape index (κ3) is 4.02. The largest absolute Gasteiger partial charge is 0.504 e. The fraction of sp³-hybridized carbons (Fsp3) is 0.306. The summed E-state index contributed by atoms with van der Waals surface area (Å²) >= 11 is 0. The molecule has 228 valence electrons. The lowest BCUT2D eigenvalue weighted by atomic mass is 9.51. The lowest BCUT2D eigenvalue weighted by molar-refractivity contribution is -0.131. The van der Waals surface area contributed by atoms with Gasteiger partial charge < -0.3 is 9.84 Å². The van der Waals surface area contributed by atoms with Crippen molar-refractivity contribution in [3.05, 3.63) is 95.6 Å². The number of aromatic hydroxyl groups is 1. The van der Waals surface area contributed by atoms with Gasteiger partial charge in [-0.25, -0.2) is 4.90 Å². The number of carbonyl (C=O) groups excluding carboxylic acids is 5. The monoisotopic (exact) mass is 604 g/mol. The van der Waals surface area contributed by atoms with E-state index in [1.54, 1.807) is 73.7 Å². The van der Waals surface area contributed by atoms with Gasteiger partial charge >= 0.3 is 0 Å². The van der Waals surface area contributed by atoms with Crippen LogP contribution in [-0.2, 0) is 19.2 Å². The van der Waals surface area contributed by atoms with E-state index in [1.165, 1.54) is 23.8 Å². The third-order valence-corrected chi connectivity index (χ3v) is 10.4. The zero-order valence-corrected chi connectivity index (χ0v) is 25.1. The van der Waals surface area contributed by atoms with Crippen LogP contribution in [0.1, 0.15) is 48.5 Å². The molecular formula is C36H32N2O7. The smallest absolute Gasteiger partial charge is 0.241 e. The summed E-state index contributed by atoms with van der Waals surface area (Å²) < 4.78 is 5.28. The second-order valence-electron chi connectivity index (χ2n) is 12.5. The van der Waals surface area contributed by atoms with Crippen molar-refractivity contribution in [3.8, 4) is 11.5 Å². The number of carbonyl (C=O) groups is 5. The number of allylic oxidation sites excluding steroid dienone is 2. The normalized spacial score (nSPS) is 28.9. The minimum atomic E-state index is -1.21. The summed E-state index contributed by atoms with van der Waals surface area (Å²) in [6.45, 7) is 3.26. The molecule has 2 heterocycles. The number of amides is 4. The van der Waals surface area contributed by atoms with Crippen LogP contribution in [0.3, 0.4) is 0 Å². The molecule has 0 bridgehead atoms. The van der Waals surface area contributed by atoms with Crippen LogP contribution in [-0.4, -0.2) is 41.6 Å². The molecule has 6 atom stereocenters. The van der Waals surface area contributed by atoms with E-state index >= 15 is 0 Å². The summed E-state index contributed by atoms with van der Waals surface area (Å²) in [5, 5.41) is 10.8. The SMILES string of the molecule is COc1ccc([C@H]2C3=CC[C@@H]4C(=O)N(c5ccc(C(C)=O)cc5)C(=O)[C@@H]4[C@@H]3C[C@H]3C(=O)N(c4ccccc4)C(=O)[C@@]23C)cc1O. The van der Waals surface area contributed by atoms with E-state index in [0.29, 0.717) is 28.9 Å². The molecule has 1 saturated carbocycles. The van der Waals surface area contributed by atoms with Crippen molar-refractivity contribution in [2.24, 2.45) is 29.1 Å². The molecule has 9 nitrogen and oxygen atoms in total. The van der Waals surface area contributed by atoms with Crippen LogP contribution in [0.15, 0.2) is 84.4 Å². The Morgan fingerprint density at radius 2 is 1.56 bits per heavy atom. The van der Waals surface area contributed by atoms with Crippen LogP contribution >= 0.6 is 0 Å². The highest BCUT2D eigenvalue weighted by atomic mass is 16.5. The van der Waals surface area contributed by atoms with Crippen molar-refractivity contribution >= 4 is 40.8 Å². The number of ketones is 1. The van der Waals surface area contributed by atoms with Crippen molar-refractivity contribution in [3.63, 3.8) is 0 Å². The van der Waals surface area contributed by atoms with Crippen LogP contribution in [0.5, 0.6) is 11.5 Å². The molecule has 0 spiro atoms. The van der Waals surface area contributed by atoms with E-state index in [0.717, 1.165) is 5.57 Å². The van der Waals surface area contributed by atoms with Gasteiger partial charge in [0, 0.05) is 11.5 Å². The number of Topliss-reactive ketones (excluding diaryl/α,β-unsaturated/α-hetero) is 1. The molecule has 3 aromatic rings. The molecule has 9 heteroatoms. The van der Waals surface area contributed by atoms with Crippen LogP contribution in [0, 0.1) is 29.1 Å². The van der Waals surface area contributed by atoms with Crippen LogP contribution in [0.2, 0.25) is 0 Å². The Kier molecular flexibility index (Phi) is 6.54. The molecule has 3 fully saturated rings. The van der Waals surface area contributed by atoms with Gasteiger partial charge in [-0.05, 0) is 86.7 Å². The number of anilines is 2. The zero-order valence-electron chi connectivity index (χ0n) is 25.1. The minimum absolute atomic E-state index is 0.101. The molecule has 7 rings (SSSR count). The number of phenols is 1. The van der Waals surface area contributed by atoms with Crippen LogP contribution in [0.25, 0.3) is 0 Å². The molecule has 1 N–H and O–H groups in total. The highest BCUT2D eigenvalue weighted by molar-refractivity contribution is 6.25. The second-order valence-corrected chi connectivity index (χ2v) is 12.5. The first kappa shape index (κ1) is 28.7. The minimum Gasteiger partial charge on any atom is -0.504 e. The lowest BCUT2D eigenvalue weighted by Crippen LogP contribution is -2.48.